The number of fused-ring (bicyclic) bond motifs is 1. The number of benzene rings is 1. The zero-order valence-corrected chi connectivity index (χ0v) is 11.8. The number of pyridine rings is 1. The normalized spacial score (nSPS) is 12.2. The van der Waals surface area contributed by atoms with Crippen LogP contribution in [-0.2, 0) is 0 Å². The molecule has 1 aromatic carbocycles. The number of hydrogen-bond donors (Lipinski definition) is 1. The molecule has 1 unspecified atom stereocenters. The Hall–Kier alpha value is -2.41. The number of nitriles is 1. The van der Waals surface area contributed by atoms with Crippen molar-refractivity contribution in [2.75, 3.05) is 0 Å². The summed E-state index contributed by atoms with van der Waals surface area (Å²) in [6.07, 6.45) is 0. The van der Waals surface area contributed by atoms with Crippen LogP contribution in [0, 0.1) is 11.3 Å². The van der Waals surface area contributed by atoms with Gasteiger partial charge in [0.2, 0.25) is 0 Å². The molecule has 1 N–H and O–H groups in total. The second-order valence-electron chi connectivity index (χ2n) is 5.09. The van der Waals surface area contributed by atoms with Crippen LogP contribution in [0.25, 0.3) is 10.9 Å². The van der Waals surface area contributed by atoms with Crippen LogP contribution in [0.4, 0.5) is 0 Å². The summed E-state index contributed by atoms with van der Waals surface area (Å²) in [5.74, 6) is -0.000837. The minimum absolute atomic E-state index is 0.236. The van der Waals surface area contributed by atoms with Crippen molar-refractivity contribution < 1.29 is 4.79 Å². The van der Waals surface area contributed by atoms with Crippen molar-refractivity contribution >= 4 is 16.8 Å². The minimum atomic E-state index is -0.517. The van der Waals surface area contributed by atoms with Crippen molar-refractivity contribution in [1.82, 2.24) is 10.3 Å². The molecule has 1 heterocycles. The van der Waals surface area contributed by atoms with E-state index >= 15 is 0 Å². The number of hydrogen-bond acceptors (Lipinski definition) is 3. The van der Waals surface area contributed by atoms with E-state index in [-0.39, 0.29) is 11.8 Å². The SMILES string of the molecule is CC(C#N)NC(=O)c1cc(C(C)C)nc2ccccc12. The quantitative estimate of drug-likeness (QED) is 0.929. The van der Waals surface area contributed by atoms with Crippen LogP contribution in [0.15, 0.2) is 30.3 Å². The minimum Gasteiger partial charge on any atom is -0.337 e. The lowest BCUT2D eigenvalue weighted by Crippen LogP contribution is -2.31. The fourth-order valence-electron chi connectivity index (χ4n) is 1.99. The van der Waals surface area contributed by atoms with Crippen molar-refractivity contribution in [1.29, 1.82) is 5.26 Å². The largest absolute Gasteiger partial charge is 0.337 e. The van der Waals surface area contributed by atoms with Crippen LogP contribution >= 0.6 is 0 Å². The van der Waals surface area contributed by atoms with Gasteiger partial charge >= 0.3 is 0 Å². The highest BCUT2D eigenvalue weighted by atomic mass is 16.1. The number of carbonyl (C=O) groups excluding carboxylic acids is 1. The van der Waals surface area contributed by atoms with Crippen molar-refractivity contribution in [2.24, 2.45) is 0 Å². The number of nitrogens with one attached hydrogen (secondary N) is 1. The third kappa shape index (κ3) is 2.77. The van der Waals surface area contributed by atoms with Crippen LogP contribution < -0.4 is 5.32 Å². The third-order valence-electron chi connectivity index (χ3n) is 3.11. The van der Waals surface area contributed by atoms with Crippen LogP contribution in [0.2, 0.25) is 0 Å². The maximum Gasteiger partial charge on any atom is 0.253 e. The Labute approximate surface area is 118 Å². The molecule has 0 spiro atoms. The summed E-state index contributed by atoms with van der Waals surface area (Å²) in [5.41, 5.74) is 2.24. The first-order valence-electron chi connectivity index (χ1n) is 6.63. The lowest BCUT2D eigenvalue weighted by atomic mass is 10.0. The van der Waals surface area contributed by atoms with Crippen molar-refractivity contribution in [3.05, 3.63) is 41.6 Å². The number of rotatable bonds is 3. The van der Waals surface area contributed by atoms with Crippen molar-refractivity contribution in [3.8, 4) is 6.07 Å². The van der Waals surface area contributed by atoms with E-state index in [1.165, 1.54) is 0 Å². The zero-order valence-electron chi connectivity index (χ0n) is 11.8. The Bertz CT molecular complexity index is 686. The van der Waals surface area contributed by atoms with Crippen LogP contribution in [0.3, 0.4) is 0 Å². The Morgan fingerprint density at radius 3 is 2.65 bits per heavy atom. The maximum absolute atomic E-state index is 12.3. The van der Waals surface area contributed by atoms with Crippen molar-refractivity contribution in [3.63, 3.8) is 0 Å². The number of nitrogens with zero attached hydrogens (tertiary/aromatic N) is 2. The van der Waals surface area contributed by atoms with Crippen LogP contribution in [0.1, 0.15) is 42.7 Å². The molecule has 0 bridgehead atoms. The molecule has 2 aromatic rings. The molecule has 1 amide bonds. The van der Waals surface area contributed by atoms with E-state index in [1.54, 1.807) is 6.92 Å². The molecule has 20 heavy (non-hydrogen) atoms. The maximum atomic E-state index is 12.3. The summed E-state index contributed by atoms with van der Waals surface area (Å²) in [7, 11) is 0. The molecular formula is C16H17N3O. The summed E-state index contributed by atoms with van der Waals surface area (Å²) < 4.78 is 0. The number of carbonyl (C=O) groups is 1. The predicted molar refractivity (Wildman–Crippen MR) is 78.4 cm³/mol. The molecular weight excluding hydrogens is 250 g/mol. The monoisotopic (exact) mass is 267 g/mol. The smallest absolute Gasteiger partial charge is 0.253 e. The van der Waals surface area contributed by atoms with E-state index < -0.39 is 6.04 Å². The zero-order chi connectivity index (χ0) is 14.7. The van der Waals surface area contributed by atoms with Crippen LogP contribution in [0.5, 0.6) is 0 Å². The van der Waals surface area contributed by atoms with Crippen molar-refractivity contribution in [2.45, 2.75) is 32.7 Å². The van der Waals surface area contributed by atoms with Gasteiger partial charge in [0.05, 0.1) is 17.1 Å². The first-order chi connectivity index (χ1) is 9.52. The lowest BCUT2D eigenvalue weighted by Gasteiger charge is -2.12. The summed E-state index contributed by atoms with van der Waals surface area (Å²) in [6.45, 7) is 5.73. The summed E-state index contributed by atoms with van der Waals surface area (Å²) in [5, 5.41) is 12.3. The Morgan fingerprint density at radius 2 is 2.00 bits per heavy atom. The molecule has 102 valence electrons. The fraction of sp³-hybridized carbons (Fsp3) is 0.312. The number of aromatic nitrogens is 1. The molecule has 0 aliphatic carbocycles. The molecule has 0 saturated carbocycles. The Kier molecular flexibility index (Phi) is 3.99. The molecule has 0 fully saturated rings. The van der Waals surface area contributed by atoms with Gasteiger partial charge in [-0.05, 0) is 25.0 Å². The standard InChI is InChI=1S/C16H17N3O/c1-10(2)15-8-13(16(20)18-11(3)9-17)12-6-4-5-7-14(12)19-15/h4-8,10-11H,1-3H3,(H,18,20). The molecule has 0 radical (unpaired) electrons. The number of para-hydroxylation sites is 1. The number of amides is 1. The van der Waals surface area contributed by atoms with Gasteiger partial charge in [0.25, 0.3) is 5.91 Å². The van der Waals surface area contributed by atoms with E-state index in [4.69, 9.17) is 5.26 Å². The van der Waals surface area contributed by atoms with E-state index in [0.717, 1.165) is 16.6 Å². The Balaban J connectivity index is 2.55. The van der Waals surface area contributed by atoms with Gasteiger partial charge in [-0.1, -0.05) is 32.0 Å². The molecule has 0 aliphatic rings. The van der Waals surface area contributed by atoms with Gasteiger partial charge in [-0.15, -0.1) is 0 Å². The second kappa shape index (κ2) is 5.70. The van der Waals surface area contributed by atoms with Gasteiger partial charge < -0.3 is 5.32 Å². The van der Waals surface area contributed by atoms with Gasteiger partial charge in [0.1, 0.15) is 6.04 Å². The fourth-order valence-corrected chi connectivity index (χ4v) is 1.99. The van der Waals surface area contributed by atoms with E-state index in [2.05, 4.69) is 10.3 Å². The molecule has 4 nitrogen and oxygen atoms in total. The average molecular weight is 267 g/mol. The van der Waals surface area contributed by atoms with Crippen LogP contribution in [-0.4, -0.2) is 16.9 Å². The third-order valence-corrected chi connectivity index (χ3v) is 3.11. The molecule has 2 rings (SSSR count). The van der Waals surface area contributed by atoms with Gasteiger partial charge in [0, 0.05) is 11.1 Å². The summed E-state index contributed by atoms with van der Waals surface area (Å²) in [6, 6.07) is 10.8. The highest BCUT2D eigenvalue weighted by Gasteiger charge is 2.15. The van der Waals surface area contributed by atoms with Gasteiger partial charge in [-0.3, -0.25) is 9.78 Å². The first-order valence-corrected chi connectivity index (χ1v) is 6.63. The predicted octanol–water partition coefficient (Wildman–Crippen LogP) is 3.00. The molecule has 1 aromatic heterocycles. The first kappa shape index (κ1) is 14.0. The average Bonchev–Trinajstić information content (AvgIpc) is 2.45. The summed E-state index contributed by atoms with van der Waals surface area (Å²) in [4.78, 5) is 16.9. The molecule has 4 heteroatoms. The van der Waals surface area contributed by atoms with E-state index in [1.807, 2.05) is 50.2 Å². The molecule has 0 saturated heterocycles. The highest BCUT2D eigenvalue weighted by Crippen LogP contribution is 2.22. The lowest BCUT2D eigenvalue weighted by molar-refractivity contribution is 0.0949. The molecule has 0 aliphatic heterocycles. The van der Waals surface area contributed by atoms with Gasteiger partial charge in [-0.25, -0.2) is 0 Å². The van der Waals surface area contributed by atoms with E-state index in [9.17, 15) is 4.79 Å². The Morgan fingerprint density at radius 1 is 1.30 bits per heavy atom. The van der Waals surface area contributed by atoms with E-state index in [0.29, 0.717) is 5.56 Å². The van der Waals surface area contributed by atoms with Gasteiger partial charge in [-0.2, -0.15) is 5.26 Å². The second-order valence-corrected chi connectivity index (χ2v) is 5.09. The van der Waals surface area contributed by atoms with Gasteiger partial charge in [0.15, 0.2) is 0 Å². The summed E-state index contributed by atoms with van der Waals surface area (Å²) >= 11 is 0. The highest BCUT2D eigenvalue weighted by molar-refractivity contribution is 6.06. The topological polar surface area (TPSA) is 65.8 Å². The molecule has 1 atom stereocenters.